The van der Waals surface area contributed by atoms with Crippen LogP contribution in [0, 0.1) is 0 Å². The number of nitrogens with zero attached hydrogens (tertiary/aromatic N) is 1. The molecule has 0 aliphatic carbocycles. The first-order valence-corrected chi connectivity index (χ1v) is 12.6. The van der Waals surface area contributed by atoms with Crippen LogP contribution in [0.5, 0.6) is 5.75 Å². The van der Waals surface area contributed by atoms with Crippen molar-refractivity contribution in [2.45, 2.75) is 24.7 Å². The lowest BCUT2D eigenvalue weighted by Gasteiger charge is -2.43. The fourth-order valence-corrected chi connectivity index (χ4v) is 7.14. The average Bonchev–Trinajstić information content (AvgIpc) is 2.67. The number of rotatable bonds is 5. The minimum atomic E-state index is -4.83. The predicted octanol–water partition coefficient (Wildman–Crippen LogP) is 3.64. The van der Waals surface area contributed by atoms with E-state index in [1.54, 1.807) is 19.1 Å². The molecule has 1 aromatic carbocycles. The summed E-state index contributed by atoms with van der Waals surface area (Å²) >= 11 is 0. The van der Waals surface area contributed by atoms with Gasteiger partial charge in [-0.1, -0.05) is 18.2 Å². The fourth-order valence-electron chi connectivity index (χ4n) is 2.81. The van der Waals surface area contributed by atoms with Crippen molar-refractivity contribution in [3.05, 3.63) is 59.9 Å². The van der Waals surface area contributed by atoms with Crippen molar-refractivity contribution in [1.82, 2.24) is 4.98 Å². The van der Waals surface area contributed by atoms with Crippen molar-refractivity contribution in [2.75, 3.05) is 13.3 Å². The first-order chi connectivity index (χ1) is 14.1. The summed E-state index contributed by atoms with van der Waals surface area (Å²) < 4.78 is 46.3. The standard InChI is InChI=1S/C18H21NO9P2/c1-3-25-17(20)26-15-8-6-14(7-9-15)16-27-29(2,22)18(21,30(23,24)28-16)11-13-5-4-10-19-12-13/h4-10,12,16,21H,3,11H2,1-2H3,(H,23,24). The highest BCUT2D eigenvalue weighted by Gasteiger charge is 2.64. The van der Waals surface area contributed by atoms with Crippen molar-refractivity contribution in [1.29, 1.82) is 0 Å². The van der Waals surface area contributed by atoms with E-state index < -0.39 is 38.9 Å². The van der Waals surface area contributed by atoms with Gasteiger partial charge in [0.25, 0.3) is 0 Å². The topological polar surface area (TPSA) is 141 Å². The van der Waals surface area contributed by atoms with Gasteiger partial charge in [0, 0.05) is 31.0 Å². The van der Waals surface area contributed by atoms with E-state index in [1.807, 2.05) is 0 Å². The molecule has 4 atom stereocenters. The molecule has 1 fully saturated rings. The van der Waals surface area contributed by atoms with Gasteiger partial charge in [0.1, 0.15) is 5.75 Å². The van der Waals surface area contributed by atoms with E-state index in [4.69, 9.17) is 13.8 Å². The number of carbonyl (C=O) groups is 1. The zero-order valence-electron chi connectivity index (χ0n) is 16.2. The van der Waals surface area contributed by atoms with Crippen molar-refractivity contribution in [3.63, 3.8) is 0 Å². The molecular weight excluding hydrogens is 436 g/mol. The lowest BCUT2D eigenvalue weighted by atomic mass is 10.2. The number of hydrogen-bond donors (Lipinski definition) is 2. The van der Waals surface area contributed by atoms with E-state index in [-0.39, 0.29) is 17.9 Å². The minimum absolute atomic E-state index is 0.153. The number of hydrogen-bond acceptors (Lipinski definition) is 9. The summed E-state index contributed by atoms with van der Waals surface area (Å²) in [6, 6.07) is 8.74. The SMILES string of the molecule is CCOC(=O)Oc1ccc(C2OP(C)(=O)C(O)(Cc3cccnc3)P(=O)(O)O2)cc1. The Morgan fingerprint density at radius 1 is 1.23 bits per heavy atom. The molecule has 1 aliphatic heterocycles. The molecule has 3 rings (SSSR count). The van der Waals surface area contributed by atoms with Crippen LogP contribution >= 0.6 is 15.0 Å². The largest absolute Gasteiger partial charge is 0.513 e. The molecule has 2 aromatic rings. The smallest absolute Gasteiger partial charge is 0.434 e. The maximum Gasteiger partial charge on any atom is 0.513 e. The normalized spacial score (nSPS) is 31.1. The summed E-state index contributed by atoms with van der Waals surface area (Å²) in [4.78, 5) is 25.7. The Morgan fingerprint density at radius 3 is 2.50 bits per heavy atom. The van der Waals surface area contributed by atoms with Gasteiger partial charge in [-0.3, -0.25) is 23.2 Å². The van der Waals surface area contributed by atoms with Gasteiger partial charge >= 0.3 is 13.8 Å². The summed E-state index contributed by atoms with van der Waals surface area (Å²) in [5.41, 5.74) is 0.633. The summed E-state index contributed by atoms with van der Waals surface area (Å²) in [6.45, 7) is 2.87. The highest BCUT2D eigenvalue weighted by molar-refractivity contribution is 7.75. The molecule has 0 radical (unpaired) electrons. The summed E-state index contributed by atoms with van der Waals surface area (Å²) in [7, 11) is -8.90. The van der Waals surface area contributed by atoms with Crippen LogP contribution in [0.1, 0.15) is 24.3 Å². The molecule has 10 nitrogen and oxygen atoms in total. The second-order valence-electron chi connectivity index (χ2n) is 6.58. The van der Waals surface area contributed by atoms with Gasteiger partial charge in [0.2, 0.25) is 12.5 Å². The van der Waals surface area contributed by atoms with Crippen LogP contribution < -0.4 is 4.74 Å². The monoisotopic (exact) mass is 457 g/mol. The third kappa shape index (κ3) is 4.49. The van der Waals surface area contributed by atoms with Crippen molar-refractivity contribution < 1.29 is 42.4 Å². The highest BCUT2D eigenvalue weighted by Crippen LogP contribution is 2.79. The van der Waals surface area contributed by atoms with Crippen LogP contribution in [0.25, 0.3) is 0 Å². The Morgan fingerprint density at radius 2 is 1.93 bits per heavy atom. The zero-order chi connectivity index (χ0) is 22.0. The van der Waals surface area contributed by atoms with Crippen LogP contribution in [0.15, 0.2) is 48.8 Å². The molecule has 1 saturated heterocycles. The third-order valence-corrected chi connectivity index (χ3v) is 9.86. The van der Waals surface area contributed by atoms with E-state index >= 15 is 0 Å². The highest BCUT2D eigenvalue weighted by atomic mass is 31.2. The van der Waals surface area contributed by atoms with Crippen molar-refractivity contribution in [2.24, 2.45) is 0 Å². The van der Waals surface area contributed by atoms with Crippen molar-refractivity contribution in [3.8, 4) is 5.75 Å². The van der Waals surface area contributed by atoms with Crippen LogP contribution in [0.2, 0.25) is 0 Å². The maximum atomic E-state index is 13.2. The van der Waals surface area contributed by atoms with Gasteiger partial charge in [0.05, 0.1) is 6.61 Å². The molecule has 30 heavy (non-hydrogen) atoms. The number of ether oxygens (including phenoxy) is 2. The first kappa shape index (κ1) is 22.6. The van der Waals surface area contributed by atoms with Gasteiger partial charge < -0.3 is 19.5 Å². The lowest BCUT2D eigenvalue weighted by molar-refractivity contribution is -0.0439. The van der Waals surface area contributed by atoms with Crippen LogP contribution in [-0.4, -0.2) is 39.5 Å². The van der Waals surface area contributed by atoms with Gasteiger partial charge in [-0.05, 0) is 30.7 Å². The number of carbonyl (C=O) groups excluding carboxylic acids is 1. The first-order valence-electron chi connectivity index (χ1n) is 8.91. The van der Waals surface area contributed by atoms with E-state index in [2.05, 4.69) is 9.72 Å². The minimum Gasteiger partial charge on any atom is -0.434 e. The van der Waals surface area contributed by atoms with E-state index in [0.29, 0.717) is 5.56 Å². The Balaban J connectivity index is 1.82. The molecule has 162 valence electrons. The Hall–Kier alpha value is -2.06. The molecule has 1 aliphatic rings. The quantitative estimate of drug-likeness (QED) is 0.388. The number of aliphatic hydroxyl groups is 1. The molecule has 0 bridgehead atoms. The maximum absolute atomic E-state index is 13.2. The summed E-state index contributed by atoms with van der Waals surface area (Å²) in [5, 5.41) is 8.28. The zero-order valence-corrected chi connectivity index (χ0v) is 18.0. The van der Waals surface area contributed by atoms with Crippen LogP contribution in [-0.2, 0) is 29.3 Å². The van der Waals surface area contributed by atoms with Crippen LogP contribution in [0.4, 0.5) is 4.79 Å². The second-order valence-corrected chi connectivity index (χ2v) is 11.6. The second kappa shape index (κ2) is 8.59. The molecule has 2 N–H and O–H groups in total. The van der Waals surface area contributed by atoms with E-state index in [9.17, 15) is 23.9 Å². The molecule has 1 aromatic heterocycles. The number of aromatic nitrogens is 1. The van der Waals surface area contributed by atoms with E-state index in [0.717, 1.165) is 6.66 Å². The summed E-state index contributed by atoms with van der Waals surface area (Å²) in [6.07, 6.45) is 0.0845. The molecule has 0 amide bonds. The number of benzene rings is 1. The Kier molecular flexibility index (Phi) is 6.48. The predicted molar refractivity (Wildman–Crippen MR) is 105 cm³/mol. The Labute approximate surface area is 172 Å². The Bertz CT molecular complexity index is 970. The van der Waals surface area contributed by atoms with E-state index in [1.165, 1.54) is 36.7 Å². The molecule has 0 saturated carbocycles. The molecule has 4 unspecified atom stereocenters. The van der Waals surface area contributed by atoms with Gasteiger partial charge in [-0.15, -0.1) is 0 Å². The molecular formula is C18H21NO9P2. The van der Waals surface area contributed by atoms with Gasteiger partial charge in [-0.25, -0.2) is 4.79 Å². The average molecular weight is 457 g/mol. The fraction of sp³-hybridized carbons (Fsp3) is 0.333. The van der Waals surface area contributed by atoms with Gasteiger partial charge in [0.15, 0.2) is 6.29 Å². The van der Waals surface area contributed by atoms with Crippen molar-refractivity contribution >= 4 is 21.1 Å². The van der Waals surface area contributed by atoms with Gasteiger partial charge in [-0.2, -0.15) is 0 Å². The molecule has 0 spiro atoms. The molecule has 2 heterocycles. The number of pyridine rings is 1. The summed E-state index contributed by atoms with van der Waals surface area (Å²) in [5.74, 6) is 0.160. The van der Waals surface area contributed by atoms with Crippen LogP contribution in [0.3, 0.4) is 0 Å². The lowest BCUT2D eigenvalue weighted by Crippen LogP contribution is -2.37. The third-order valence-electron chi connectivity index (χ3n) is 4.42. The molecule has 12 heteroatoms.